The van der Waals surface area contributed by atoms with Crippen LogP contribution in [0.15, 0.2) is 54.6 Å². The van der Waals surface area contributed by atoms with Crippen LogP contribution in [0.3, 0.4) is 0 Å². The lowest BCUT2D eigenvalue weighted by molar-refractivity contribution is 0.102. The van der Waals surface area contributed by atoms with Crippen molar-refractivity contribution in [2.24, 2.45) is 0 Å². The molecule has 0 fully saturated rings. The zero-order valence-electron chi connectivity index (χ0n) is 13.2. The summed E-state index contributed by atoms with van der Waals surface area (Å²) in [5, 5.41) is 11.0. The van der Waals surface area contributed by atoms with E-state index < -0.39 is 0 Å². The van der Waals surface area contributed by atoms with Crippen LogP contribution in [0.2, 0.25) is 0 Å². The predicted molar refractivity (Wildman–Crippen MR) is 89.9 cm³/mol. The van der Waals surface area contributed by atoms with Crippen LogP contribution in [0.25, 0.3) is 5.69 Å². The first kappa shape index (κ1) is 15.0. The molecule has 116 valence electrons. The van der Waals surface area contributed by atoms with Crippen molar-refractivity contribution in [1.29, 1.82) is 0 Å². The smallest absolute Gasteiger partial charge is 0.278 e. The molecule has 5 nitrogen and oxygen atoms in total. The summed E-state index contributed by atoms with van der Waals surface area (Å²) in [6.45, 7) is 3.93. The van der Waals surface area contributed by atoms with Crippen LogP contribution in [-0.2, 0) is 6.42 Å². The standard InChI is InChI=1S/C18H18N4O/c1-3-14-9-11-15(12-10-14)19-18(23)17-13(2)22(21-20-17)16-7-5-4-6-8-16/h4-12H,3H2,1-2H3,(H,19,23). The molecule has 0 unspecified atom stereocenters. The highest BCUT2D eigenvalue weighted by Gasteiger charge is 2.17. The number of para-hydroxylation sites is 1. The van der Waals surface area contributed by atoms with E-state index in [4.69, 9.17) is 0 Å². The Hall–Kier alpha value is -2.95. The molecule has 1 N–H and O–H groups in total. The number of amides is 1. The topological polar surface area (TPSA) is 59.8 Å². The Morgan fingerprint density at radius 3 is 2.43 bits per heavy atom. The van der Waals surface area contributed by atoms with Gasteiger partial charge in [-0.2, -0.15) is 0 Å². The lowest BCUT2D eigenvalue weighted by Crippen LogP contribution is -2.14. The number of aromatic nitrogens is 3. The molecule has 5 heteroatoms. The molecule has 0 saturated heterocycles. The predicted octanol–water partition coefficient (Wildman–Crippen LogP) is 3.39. The normalized spacial score (nSPS) is 10.5. The Morgan fingerprint density at radius 1 is 1.09 bits per heavy atom. The highest BCUT2D eigenvalue weighted by molar-refractivity contribution is 6.03. The van der Waals surface area contributed by atoms with E-state index in [9.17, 15) is 4.79 Å². The van der Waals surface area contributed by atoms with E-state index in [0.717, 1.165) is 17.8 Å². The number of aryl methyl sites for hydroxylation is 1. The van der Waals surface area contributed by atoms with Gasteiger partial charge in [-0.3, -0.25) is 4.79 Å². The van der Waals surface area contributed by atoms with Crippen LogP contribution < -0.4 is 5.32 Å². The van der Waals surface area contributed by atoms with E-state index >= 15 is 0 Å². The van der Waals surface area contributed by atoms with Crippen molar-refractivity contribution < 1.29 is 4.79 Å². The molecule has 1 amide bonds. The van der Waals surface area contributed by atoms with Gasteiger partial charge < -0.3 is 5.32 Å². The molecule has 0 radical (unpaired) electrons. The van der Waals surface area contributed by atoms with E-state index in [1.165, 1.54) is 5.56 Å². The van der Waals surface area contributed by atoms with Crippen molar-refractivity contribution in [2.45, 2.75) is 20.3 Å². The number of rotatable bonds is 4. The van der Waals surface area contributed by atoms with E-state index in [0.29, 0.717) is 11.4 Å². The quantitative estimate of drug-likeness (QED) is 0.803. The van der Waals surface area contributed by atoms with Crippen LogP contribution in [0, 0.1) is 6.92 Å². The minimum Gasteiger partial charge on any atom is -0.321 e. The summed E-state index contributed by atoms with van der Waals surface area (Å²) in [7, 11) is 0. The largest absolute Gasteiger partial charge is 0.321 e. The number of hydrogen-bond acceptors (Lipinski definition) is 3. The third kappa shape index (κ3) is 3.13. The van der Waals surface area contributed by atoms with Gasteiger partial charge in [0.2, 0.25) is 0 Å². The molecule has 0 aliphatic carbocycles. The Morgan fingerprint density at radius 2 is 1.78 bits per heavy atom. The molecule has 2 aromatic carbocycles. The zero-order valence-corrected chi connectivity index (χ0v) is 13.2. The van der Waals surface area contributed by atoms with Crippen molar-refractivity contribution in [2.75, 3.05) is 5.32 Å². The fourth-order valence-corrected chi connectivity index (χ4v) is 2.37. The third-order valence-electron chi connectivity index (χ3n) is 3.73. The Labute approximate surface area is 135 Å². The molecule has 0 bridgehead atoms. The van der Waals surface area contributed by atoms with Gasteiger partial charge in [-0.05, 0) is 43.2 Å². The summed E-state index contributed by atoms with van der Waals surface area (Å²) in [6.07, 6.45) is 0.971. The molecular weight excluding hydrogens is 288 g/mol. The maximum Gasteiger partial charge on any atom is 0.278 e. The lowest BCUT2D eigenvalue weighted by atomic mass is 10.1. The molecule has 3 aromatic rings. The average molecular weight is 306 g/mol. The number of carbonyl (C=O) groups is 1. The van der Waals surface area contributed by atoms with Crippen molar-refractivity contribution >= 4 is 11.6 Å². The second-order valence-electron chi connectivity index (χ2n) is 5.28. The zero-order chi connectivity index (χ0) is 16.2. The molecule has 0 spiro atoms. The second kappa shape index (κ2) is 6.44. The van der Waals surface area contributed by atoms with Crippen molar-refractivity contribution in [3.63, 3.8) is 0 Å². The number of nitrogens with zero attached hydrogens (tertiary/aromatic N) is 3. The molecule has 23 heavy (non-hydrogen) atoms. The average Bonchev–Trinajstić information content (AvgIpc) is 2.98. The van der Waals surface area contributed by atoms with Crippen molar-refractivity contribution in [3.05, 3.63) is 71.5 Å². The summed E-state index contributed by atoms with van der Waals surface area (Å²) < 4.78 is 1.66. The van der Waals surface area contributed by atoms with Crippen LogP contribution in [-0.4, -0.2) is 20.9 Å². The Kier molecular flexibility index (Phi) is 4.19. The van der Waals surface area contributed by atoms with Gasteiger partial charge in [0.15, 0.2) is 5.69 Å². The fraction of sp³-hybridized carbons (Fsp3) is 0.167. The van der Waals surface area contributed by atoms with Crippen LogP contribution >= 0.6 is 0 Å². The first-order chi connectivity index (χ1) is 11.2. The summed E-state index contributed by atoms with van der Waals surface area (Å²) in [6, 6.07) is 17.4. The molecule has 0 atom stereocenters. The highest BCUT2D eigenvalue weighted by atomic mass is 16.2. The molecular formula is C18H18N4O. The maximum absolute atomic E-state index is 12.4. The SMILES string of the molecule is CCc1ccc(NC(=O)c2nnn(-c3ccccc3)c2C)cc1. The minimum absolute atomic E-state index is 0.256. The number of benzene rings is 2. The van der Waals surface area contributed by atoms with E-state index in [1.807, 2.05) is 61.5 Å². The molecule has 3 rings (SSSR count). The first-order valence-corrected chi connectivity index (χ1v) is 7.57. The van der Waals surface area contributed by atoms with Crippen LogP contribution in [0.4, 0.5) is 5.69 Å². The molecule has 0 aliphatic rings. The molecule has 0 saturated carbocycles. The van der Waals surface area contributed by atoms with Gasteiger partial charge in [0.05, 0.1) is 11.4 Å². The van der Waals surface area contributed by atoms with Gasteiger partial charge in [-0.1, -0.05) is 42.5 Å². The number of anilines is 1. The van der Waals surface area contributed by atoms with E-state index in [2.05, 4.69) is 22.6 Å². The minimum atomic E-state index is -0.256. The molecule has 1 heterocycles. The maximum atomic E-state index is 12.4. The summed E-state index contributed by atoms with van der Waals surface area (Å²) in [5.74, 6) is -0.256. The van der Waals surface area contributed by atoms with Gasteiger partial charge in [0.1, 0.15) is 0 Å². The van der Waals surface area contributed by atoms with Crippen molar-refractivity contribution in [3.8, 4) is 5.69 Å². The van der Waals surface area contributed by atoms with Gasteiger partial charge >= 0.3 is 0 Å². The number of carbonyl (C=O) groups excluding carboxylic acids is 1. The summed E-state index contributed by atoms with van der Waals surface area (Å²) in [5.41, 5.74) is 3.89. The first-order valence-electron chi connectivity index (χ1n) is 7.57. The van der Waals surface area contributed by atoms with Gasteiger partial charge in [-0.15, -0.1) is 5.10 Å². The molecule has 0 aliphatic heterocycles. The highest BCUT2D eigenvalue weighted by Crippen LogP contribution is 2.15. The lowest BCUT2D eigenvalue weighted by Gasteiger charge is -2.05. The van der Waals surface area contributed by atoms with E-state index in [1.54, 1.807) is 4.68 Å². The Bertz CT molecular complexity index is 807. The molecule has 1 aromatic heterocycles. The van der Waals surface area contributed by atoms with Crippen LogP contribution in [0.1, 0.15) is 28.7 Å². The van der Waals surface area contributed by atoms with Gasteiger partial charge in [-0.25, -0.2) is 4.68 Å². The van der Waals surface area contributed by atoms with Gasteiger partial charge in [0.25, 0.3) is 5.91 Å². The second-order valence-corrected chi connectivity index (χ2v) is 5.28. The van der Waals surface area contributed by atoms with E-state index in [-0.39, 0.29) is 5.91 Å². The summed E-state index contributed by atoms with van der Waals surface area (Å²) in [4.78, 5) is 12.4. The summed E-state index contributed by atoms with van der Waals surface area (Å²) >= 11 is 0. The number of hydrogen-bond donors (Lipinski definition) is 1. The Balaban J connectivity index is 1.81. The third-order valence-corrected chi connectivity index (χ3v) is 3.73. The number of nitrogens with one attached hydrogen (secondary N) is 1. The fourth-order valence-electron chi connectivity index (χ4n) is 2.37. The van der Waals surface area contributed by atoms with Gasteiger partial charge in [0, 0.05) is 5.69 Å². The van der Waals surface area contributed by atoms with Crippen LogP contribution in [0.5, 0.6) is 0 Å². The van der Waals surface area contributed by atoms with Crippen molar-refractivity contribution in [1.82, 2.24) is 15.0 Å². The monoisotopic (exact) mass is 306 g/mol.